The third-order valence-electron chi connectivity index (χ3n) is 4.48. The topological polar surface area (TPSA) is 59.2 Å². The van der Waals surface area contributed by atoms with Gasteiger partial charge >= 0.3 is 5.97 Å². The number of hydrogen-bond acceptors (Lipinski definition) is 3. The van der Waals surface area contributed by atoms with Crippen molar-refractivity contribution in [2.24, 2.45) is 0 Å². The van der Waals surface area contributed by atoms with Crippen molar-refractivity contribution < 1.29 is 14.3 Å². The van der Waals surface area contributed by atoms with Crippen LogP contribution in [0.2, 0.25) is 5.02 Å². The van der Waals surface area contributed by atoms with Crippen molar-refractivity contribution in [3.63, 3.8) is 0 Å². The molecule has 1 aromatic heterocycles. The minimum atomic E-state index is -0.397. The lowest BCUT2D eigenvalue weighted by Crippen LogP contribution is -2.18. The van der Waals surface area contributed by atoms with Crippen LogP contribution in [-0.2, 0) is 11.2 Å². The maximum Gasteiger partial charge on any atom is 0.355 e. The van der Waals surface area contributed by atoms with Gasteiger partial charge in [-0.1, -0.05) is 36.7 Å². The molecule has 3 rings (SSSR count). The highest BCUT2D eigenvalue weighted by Crippen LogP contribution is 2.37. The number of nitrogens with one attached hydrogen (secondary N) is 1. The van der Waals surface area contributed by atoms with Crippen molar-refractivity contribution in [1.29, 1.82) is 0 Å². The van der Waals surface area contributed by atoms with Crippen molar-refractivity contribution in [1.82, 2.24) is 4.98 Å². The van der Waals surface area contributed by atoms with Gasteiger partial charge in [0, 0.05) is 22.7 Å². The van der Waals surface area contributed by atoms with E-state index in [1.165, 1.54) is 0 Å². The van der Waals surface area contributed by atoms with Gasteiger partial charge in [0.05, 0.1) is 6.61 Å². The third kappa shape index (κ3) is 2.98. The van der Waals surface area contributed by atoms with Crippen molar-refractivity contribution in [3.8, 4) is 0 Å². The zero-order valence-corrected chi connectivity index (χ0v) is 14.6. The average Bonchev–Trinajstić information content (AvgIpc) is 2.90. The minimum absolute atomic E-state index is 0.0243. The predicted octanol–water partition coefficient (Wildman–Crippen LogP) is 4.46. The smallest absolute Gasteiger partial charge is 0.355 e. The fourth-order valence-electron chi connectivity index (χ4n) is 3.33. The summed E-state index contributed by atoms with van der Waals surface area (Å²) in [5, 5.41) is 0.671. The van der Waals surface area contributed by atoms with Gasteiger partial charge in [0.15, 0.2) is 5.78 Å². The number of carbonyl (C=O) groups is 2. The Morgan fingerprint density at radius 3 is 2.79 bits per heavy atom. The molecule has 1 atom stereocenters. The number of aromatic amines is 1. The first-order valence-corrected chi connectivity index (χ1v) is 8.56. The Morgan fingerprint density at radius 1 is 1.33 bits per heavy atom. The van der Waals surface area contributed by atoms with Crippen LogP contribution >= 0.6 is 11.6 Å². The van der Waals surface area contributed by atoms with Gasteiger partial charge in [-0.2, -0.15) is 0 Å². The SMILES string of the molecule is CCCOC(=O)c1[nH]c2c(c1C)C(=O)C[C@H](c1ccccc1Cl)C2. The Kier molecular flexibility index (Phi) is 4.76. The summed E-state index contributed by atoms with van der Waals surface area (Å²) in [5.74, 6) is -0.327. The Labute approximate surface area is 146 Å². The highest BCUT2D eigenvalue weighted by molar-refractivity contribution is 6.31. The Bertz CT molecular complexity index is 794. The summed E-state index contributed by atoms with van der Waals surface area (Å²) in [6, 6.07) is 7.60. The largest absolute Gasteiger partial charge is 0.461 e. The standard InChI is InChI=1S/C19H20ClNO3/c1-3-8-24-19(23)18-11(2)17-15(21-18)9-12(10-16(17)22)13-6-4-5-7-14(13)20/h4-7,12,21H,3,8-10H2,1-2H3/t12-/m1/s1. The van der Waals surface area contributed by atoms with Crippen molar-refractivity contribution in [2.45, 2.75) is 39.0 Å². The van der Waals surface area contributed by atoms with Crippen molar-refractivity contribution in [3.05, 3.63) is 57.4 Å². The van der Waals surface area contributed by atoms with E-state index in [0.717, 1.165) is 17.7 Å². The summed E-state index contributed by atoms with van der Waals surface area (Å²) in [5.41, 5.74) is 3.50. The van der Waals surface area contributed by atoms with Gasteiger partial charge in [0.2, 0.25) is 0 Å². The molecule has 0 amide bonds. The number of rotatable bonds is 4. The number of Topliss-reactive ketones (excluding diaryl/α,β-unsaturated/α-hetero) is 1. The molecule has 24 heavy (non-hydrogen) atoms. The first-order valence-electron chi connectivity index (χ1n) is 8.19. The molecule has 1 aliphatic carbocycles. The summed E-state index contributed by atoms with van der Waals surface area (Å²) in [4.78, 5) is 27.9. The molecule has 1 N–H and O–H groups in total. The van der Waals surface area contributed by atoms with E-state index in [4.69, 9.17) is 16.3 Å². The number of hydrogen-bond donors (Lipinski definition) is 1. The molecule has 0 aliphatic heterocycles. The molecule has 0 unspecified atom stereocenters. The van der Waals surface area contributed by atoms with E-state index in [9.17, 15) is 9.59 Å². The summed E-state index contributed by atoms with van der Waals surface area (Å²) in [7, 11) is 0. The third-order valence-corrected chi connectivity index (χ3v) is 4.82. The van der Waals surface area contributed by atoms with E-state index in [1.807, 2.05) is 31.2 Å². The van der Waals surface area contributed by atoms with Gasteiger partial charge in [0.1, 0.15) is 5.69 Å². The van der Waals surface area contributed by atoms with Crippen LogP contribution in [0.3, 0.4) is 0 Å². The second kappa shape index (κ2) is 6.81. The van der Waals surface area contributed by atoms with Gasteiger partial charge in [0.25, 0.3) is 0 Å². The molecular formula is C19H20ClNO3. The van der Waals surface area contributed by atoms with Crippen LogP contribution in [0, 0.1) is 6.92 Å². The van der Waals surface area contributed by atoms with Crippen LogP contribution in [-0.4, -0.2) is 23.3 Å². The van der Waals surface area contributed by atoms with Crippen LogP contribution < -0.4 is 0 Å². The summed E-state index contributed by atoms with van der Waals surface area (Å²) >= 11 is 6.28. The van der Waals surface area contributed by atoms with Crippen LogP contribution in [0.4, 0.5) is 0 Å². The van der Waals surface area contributed by atoms with Gasteiger partial charge < -0.3 is 9.72 Å². The monoisotopic (exact) mass is 345 g/mol. The van der Waals surface area contributed by atoms with Gasteiger partial charge in [-0.05, 0) is 42.9 Å². The maximum atomic E-state index is 12.6. The molecular weight excluding hydrogens is 326 g/mol. The van der Waals surface area contributed by atoms with Gasteiger partial charge in [-0.25, -0.2) is 4.79 Å². The number of esters is 1. The molecule has 0 radical (unpaired) electrons. The molecule has 0 bridgehead atoms. The number of fused-ring (bicyclic) bond motifs is 1. The number of carbonyl (C=O) groups excluding carboxylic acids is 2. The van der Waals surface area contributed by atoms with Crippen LogP contribution in [0.1, 0.15) is 63.4 Å². The number of aromatic nitrogens is 1. The van der Waals surface area contributed by atoms with E-state index in [0.29, 0.717) is 41.3 Å². The van der Waals surface area contributed by atoms with E-state index < -0.39 is 5.97 Å². The highest BCUT2D eigenvalue weighted by Gasteiger charge is 2.32. The predicted molar refractivity (Wildman–Crippen MR) is 92.9 cm³/mol. The second-order valence-electron chi connectivity index (χ2n) is 6.16. The first kappa shape index (κ1) is 16.8. The molecule has 1 aliphatic rings. The van der Waals surface area contributed by atoms with Crippen LogP contribution in [0.15, 0.2) is 24.3 Å². The lowest BCUT2D eigenvalue weighted by Gasteiger charge is -2.22. The molecule has 5 heteroatoms. The zero-order valence-electron chi connectivity index (χ0n) is 13.8. The Morgan fingerprint density at radius 2 is 2.08 bits per heavy atom. The molecule has 0 spiro atoms. The first-order chi connectivity index (χ1) is 11.5. The normalized spacial score (nSPS) is 16.8. The van der Waals surface area contributed by atoms with Crippen LogP contribution in [0.5, 0.6) is 0 Å². The summed E-state index contributed by atoms with van der Waals surface area (Å²) in [6.07, 6.45) is 1.82. The molecule has 1 aromatic carbocycles. The number of H-pyrrole nitrogens is 1. The van der Waals surface area contributed by atoms with E-state index in [1.54, 1.807) is 6.92 Å². The highest BCUT2D eigenvalue weighted by atomic mass is 35.5. The summed E-state index contributed by atoms with van der Waals surface area (Å²) in [6.45, 7) is 4.11. The molecule has 2 aromatic rings. The number of benzene rings is 1. The number of ketones is 1. The maximum absolute atomic E-state index is 12.6. The second-order valence-corrected chi connectivity index (χ2v) is 6.57. The molecule has 1 heterocycles. The minimum Gasteiger partial charge on any atom is -0.461 e. The average molecular weight is 346 g/mol. The van der Waals surface area contributed by atoms with Crippen molar-refractivity contribution in [2.75, 3.05) is 6.61 Å². The number of halogens is 1. The van der Waals surface area contributed by atoms with Gasteiger partial charge in [-0.15, -0.1) is 0 Å². The molecule has 4 nitrogen and oxygen atoms in total. The lowest BCUT2D eigenvalue weighted by atomic mass is 9.81. The lowest BCUT2D eigenvalue weighted by molar-refractivity contribution is 0.0498. The van der Waals surface area contributed by atoms with E-state index in [-0.39, 0.29) is 11.7 Å². The Balaban J connectivity index is 1.93. The molecule has 0 fully saturated rings. The molecule has 126 valence electrons. The fourth-order valence-corrected chi connectivity index (χ4v) is 3.62. The quantitative estimate of drug-likeness (QED) is 0.832. The van der Waals surface area contributed by atoms with E-state index in [2.05, 4.69) is 4.98 Å². The van der Waals surface area contributed by atoms with Crippen LogP contribution in [0.25, 0.3) is 0 Å². The fraction of sp³-hybridized carbons (Fsp3) is 0.368. The zero-order chi connectivity index (χ0) is 17.3. The summed E-state index contributed by atoms with van der Waals surface area (Å²) < 4.78 is 5.20. The van der Waals surface area contributed by atoms with Gasteiger partial charge in [-0.3, -0.25) is 4.79 Å². The number of ether oxygens (including phenoxy) is 1. The molecule has 0 saturated heterocycles. The van der Waals surface area contributed by atoms with Crippen molar-refractivity contribution >= 4 is 23.4 Å². The van der Waals surface area contributed by atoms with E-state index >= 15 is 0 Å². The molecule has 0 saturated carbocycles. The Hall–Kier alpha value is -2.07.